The molecule has 7 heteroatoms. The lowest BCUT2D eigenvalue weighted by atomic mass is 9.95. The summed E-state index contributed by atoms with van der Waals surface area (Å²) >= 11 is 1.64. The molecule has 0 atom stereocenters. The molecule has 2 aliphatic rings. The van der Waals surface area contributed by atoms with Crippen LogP contribution < -0.4 is 4.90 Å². The second-order valence-electron chi connectivity index (χ2n) is 5.91. The summed E-state index contributed by atoms with van der Waals surface area (Å²) in [7, 11) is 0. The third-order valence-corrected chi connectivity index (χ3v) is 5.40. The van der Waals surface area contributed by atoms with Gasteiger partial charge in [-0.15, -0.1) is 11.3 Å². The highest BCUT2D eigenvalue weighted by Gasteiger charge is 2.31. The van der Waals surface area contributed by atoms with Crippen LogP contribution >= 0.6 is 11.3 Å². The van der Waals surface area contributed by atoms with Gasteiger partial charge in [0, 0.05) is 63.7 Å². The molecule has 6 nitrogen and oxygen atoms in total. The van der Waals surface area contributed by atoms with Gasteiger partial charge in [-0.05, 0) is 12.8 Å². The van der Waals surface area contributed by atoms with Crippen LogP contribution in [0.3, 0.4) is 0 Å². The number of nitrogens with zero attached hydrogens (tertiary/aromatic N) is 4. The Kier molecular flexibility index (Phi) is 4.61. The first kappa shape index (κ1) is 15.3. The van der Waals surface area contributed by atoms with Crippen LogP contribution in [0, 0.1) is 5.92 Å². The van der Waals surface area contributed by atoms with Gasteiger partial charge in [0.1, 0.15) is 0 Å². The lowest BCUT2D eigenvalue weighted by molar-refractivity contribution is -0.140. The Morgan fingerprint density at radius 3 is 2.32 bits per heavy atom. The van der Waals surface area contributed by atoms with Gasteiger partial charge in [-0.2, -0.15) is 0 Å². The molecule has 0 aromatic carbocycles. The number of amides is 2. The Labute approximate surface area is 134 Å². The van der Waals surface area contributed by atoms with Crippen LogP contribution in [0.4, 0.5) is 5.13 Å². The number of piperidine rings is 1. The number of carbonyl (C=O) groups excluding carboxylic acids is 2. The summed E-state index contributed by atoms with van der Waals surface area (Å²) in [5.74, 6) is 0.465. The molecule has 1 aromatic heterocycles. The molecule has 1 aromatic rings. The fraction of sp³-hybridized carbons (Fsp3) is 0.667. The zero-order chi connectivity index (χ0) is 15.5. The van der Waals surface area contributed by atoms with E-state index in [1.54, 1.807) is 18.3 Å². The van der Waals surface area contributed by atoms with Gasteiger partial charge in [-0.3, -0.25) is 9.59 Å². The smallest absolute Gasteiger partial charge is 0.225 e. The van der Waals surface area contributed by atoms with Gasteiger partial charge in [0.2, 0.25) is 11.8 Å². The number of anilines is 1. The van der Waals surface area contributed by atoms with E-state index in [0.29, 0.717) is 13.1 Å². The van der Waals surface area contributed by atoms with Crippen LogP contribution in [0.1, 0.15) is 19.8 Å². The van der Waals surface area contributed by atoms with Gasteiger partial charge in [0.15, 0.2) is 5.13 Å². The maximum atomic E-state index is 12.6. The SMILES string of the molecule is CC(=O)N1CCC(C(=O)N2CCN(c3nccs3)CC2)CC1. The number of likely N-dealkylation sites (tertiary alicyclic amines) is 1. The van der Waals surface area contributed by atoms with Crippen molar-refractivity contribution in [1.29, 1.82) is 0 Å². The Bertz CT molecular complexity index is 518. The molecule has 22 heavy (non-hydrogen) atoms. The molecular weight excluding hydrogens is 300 g/mol. The first-order valence-corrected chi connectivity index (χ1v) is 8.72. The number of carbonyl (C=O) groups is 2. The number of thiazole rings is 1. The van der Waals surface area contributed by atoms with Crippen LogP contribution in [0.2, 0.25) is 0 Å². The molecule has 2 aliphatic heterocycles. The van der Waals surface area contributed by atoms with Crippen molar-refractivity contribution < 1.29 is 9.59 Å². The van der Waals surface area contributed by atoms with Gasteiger partial charge < -0.3 is 14.7 Å². The van der Waals surface area contributed by atoms with Crippen LogP contribution in [0.25, 0.3) is 0 Å². The summed E-state index contributed by atoms with van der Waals surface area (Å²) in [5, 5.41) is 3.03. The minimum atomic E-state index is 0.0852. The number of piperazine rings is 1. The van der Waals surface area contributed by atoms with Crippen LogP contribution in [-0.2, 0) is 9.59 Å². The molecule has 0 unspecified atom stereocenters. The minimum absolute atomic E-state index is 0.0852. The lowest BCUT2D eigenvalue weighted by Crippen LogP contribution is -2.52. The first-order chi connectivity index (χ1) is 10.6. The highest BCUT2D eigenvalue weighted by molar-refractivity contribution is 7.13. The quantitative estimate of drug-likeness (QED) is 0.817. The second-order valence-corrected chi connectivity index (χ2v) is 6.78. The molecule has 2 amide bonds. The summed E-state index contributed by atoms with van der Waals surface area (Å²) in [5.41, 5.74) is 0. The van der Waals surface area contributed by atoms with E-state index < -0.39 is 0 Å². The van der Waals surface area contributed by atoms with Crippen molar-refractivity contribution in [3.05, 3.63) is 11.6 Å². The fourth-order valence-corrected chi connectivity index (χ4v) is 3.89. The molecule has 120 valence electrons. The average molecular weight is 322 g/mol. The standard InChI is InChI=1S/C15H22N4O2S/c1-12(20)17-5-2-13(3-6-17)14(21)18-7-9-19(10-8-18)15-16-4-11-22-15/h4,11,13H,2-3,5-10H2,1H3. The van der Waals surface area contributed by atoms with Crippen molar-refractivity contribution in [2.24, 2.45) is 5.92 Å². The topological polar surface area (TPSA) is 56.8 Å². The third-order valence-electron chi connectivity index (χ3n) is 4.57. The molecule has 0 spiro atoms. The van der Waals surface area contributed by atoms with Crippen molar-refractivity contribution in [3.8, 4) is 0 Å². The van der Waals surface area contributed by atoms with Gasteiger partial charge in [0.25, 0.3) is 0 Å². The molecule has 3 heterocycles. The number of aromatic nitrogens is 1. The molecule has 0 saturated carbocycles. The van der Waals surface area contributed by atoms with Crippen molar-refractivity contribution in [2.45, 2.75) is 19.8 Å². The van der Waals surface area contributed by atoms with Crippen molar-refractivity contribution in [3.63, 3.8) is 0 Å². The minimum Gasteiger partial charge on any atom is -0.345 e. The zero-order valence-corrected chi connectivity index (χ0v) is 13.7. The van der Waals surface area contributed by atoms with E-state index in [4.69, 9.17) is 0 Å². The van der Waals surface area contributed by atoms with E-state index in [1.165, 1.54) is 0 Å². The Morgan fingerprint density at radius 1 is 1.09 bits per heavy atom. The maximum Gasteiger partial charge on any atom is 0.225 e. The molecule has 3 rings (SSSR count). The first-order valence-electron chi connectivity index (χ1n) is 7.84. The summed E-state index contributed by atoms with van der Waals surface area (Å²) in [4.78, 5) is 34.4. The van der Waals surface area contributed by atoms with Crippen molar-refractivity contribution >= 4 is 28.3 Å². The third kappa shape index (κ3) is 3.24. The van der Waals surface area contributed by atoms with Gasteiger partial charge in [-0.25, -0.2) is 4.98 Å². The van der Waals surface area contributed by atoms with Crippen molar-refractivity contribution in [2.75, 3.05) is 44.2 Å². The number of hydrogen-bond acceptors (Lipinski definition) is 5. The van der Waals surface area contributed by atoms with Gasteiger partial charge >= 0.3 is 0 Å². The second kappa shape index (κ2) is 6.64. The summed E-state index contributed by atoms with van der Waals surface area (Å²) in [6.45, 7) is 6.27. The molecule has 0 radical (unpaired) electrons. The Morgan fingerprint density at radius 2 is 1.77 bits per heavy atom. The molecule has 0 aliphatic carbocycles. The normalized spacial score (nSPS) is 20.3. The maximum absolute atomic E-state index is 12.6. The highest BCUT2D eigenvalue weighted by atomic mass is 32.1. The van der Waals surface area contributed by atoms with E-state index in [0.717, 1.165) is 44.2 Å². The number of rotatable bonds is 2. The lowest BCUT2D eigenvalue weighted by Gasteiger charge is -2.38. The fourth-order valence-electron chi connectivity index (χ4n) is 3.19. The van der Waals surface area contributed by atoms with Gasteiger partial charge in [-0.1, -0.05) is 0 Å². The van der Waals surface area contributed by atoms with E-state index in [-0.39, 0.29) is 17.7 Å². The van der Waals surface area contributed by atoms with Gasteiger partial charge in [0.05, 0.1) is 0 Å². The molecule has 2 fully saturated rings. The highest BCUT2D eigenvalue weighted by Crippen LogP contribution is 2.23. The summed E-state index contributed by atoms with van der Waals surface area (Å²) in [6.07, 6.45) is 3.41. The van der Waals surface area contributed by atoms with E-state index in [1.807, 2.05) is 21.4 Å². The largest absolute Gasteiger partial charge is 0.345 e. The van der Waals surface area contributed by atoms with Crippen LogP contribution in [-0.4, -0.2) is 65.9 Å². The summed E-state index contributed by atoms with van der Waals surface area (Å²) in [6, 6.07) is 0. The Balaban J connectivity index is 1.49. The van der Waals surface area contributed by atoms with Crippen LogP contribution in [0.5, 0.6) is 0 Å². The molecule has 2 saturated heterocycles. The average Bonchev–Trinajstić information content (AvgIpc) is 3.09. The van der Waals surface area contributed by atoms with E-state index in [9.17, 15) is 9.59 Å². The number of hydrogen-bond donors (Lipinski definition) is 0. The van der Waals surface area contributed by atoms with E-state index >= 15 is 0 Å². The molecular formula is C15H22N4O2S. The van der Waals surface area contributed by atoms with Crippen LogP contribution in [0.15, 0.2) is 11.6 Å². The Hall–Kier alpha value is -1.63. The monoisotopic (exact) mass is 322 g/mol. The predicted molar refractivity (Wildman–Crippen MR) is 85.9 cm³/mol. The van der Waals surface area contributed by atoms with Crippen molar-refractivity contribution in [1.82, 2.24) is 14.8 Å². The van der Waals surface area contributed by atoms with E-state index in [2.05, 4.69) is 9.88 Å². The zero-order valence-electron chi connectivity index (χ0n) is 12.9. The molecule has 0 N–H and O–H groups in total. The predicted octanol–water partition coefficient (Wildman–Crippen LogP) is 1.05. The summed E-state index contributed by atoms with van der Waals surface area (Å²) < 4.78 is 0. The molecule has 0 bridgehead atoms.